The molecule has 5 unspecified atom stereocenters. The molecule has 172 valence electrons. The van der Waals surface area contributed by atoms with Gasteiger partial charge in [-0.2, -0.15) is 0 Å². The van der Waals surface area contributed by atoms with Crippen molar-refractivity contribution in [2.45, 2.75) is 57.8 Å². The van der Waals surface area contributed by atoms with Crippen molar-refractivity contribution >= 4 is 11.9 Å². The highest BCUT2D eigenvalue weighted by Gasteiger charge is 2.49. The Balaban J connectivity index is 1.84. The lowest BCUT2D eigenvalue weighted by Gasteiger charge is -2.43. The lowest BCUT2D eigenvalue weighted by molar-refractivity contribution is -0.308. The Labute approximate surface area is 187 Å². The second kappa shape index (κ2) is 11.7. The lowest BCUT2D eigenvalue weighted by Crippen LogP contribution is -2.61. The zero-order chi connectivity index (χ0) is 22.9. The molecule has 1 aliphatic rings. The first-order chi connectivity index (χ1) is 15.4. The molecule has 0 aromatic heterocycles. The van der Waals surface area contributed by atoms with Crippen LogP contribution in [0.1, 0.15) is 25.0 Å². The Kier molecular flexibility index (Phi) is 8.75. The molecule has 8 nitrogen and oxygen atoms in total. The van der Waals surface area contributed by atoms with Crippen molar-refractivity contribution in [3.05, 3.63) is 71.8 Å². The summed E-state index contributed by atoms with van der Waals surface area (Å²) in [6.45, 7) is 2.79. The normalized spacial score (nSPS) is 25.2. The molecule has 0 spiro atoms. The van der Waals surface area contributed by atoms with Crippen LogP contribution in [0.3, 0.4) is 0 Å². The quantitative estimate of drug-likeness (QED) is 0.589. The molecule has 1 N–H and O–H groups in total. The standard InChI is InChI=1S/C24H28O8/c1-16(25)28-15-20-21(29-13-18-9-5-3-6-10-18)22(23(24(27)32-20)31-17(2)26)30-14-19-11-7-4-8-12-19/h3-12,20-24,27H,13-15H2,1-2H3. The number of esters is 2. The molecule has 0 aliphatic carbocycles. The number of rotatable bonds is 9. The van der Waals surface area contributed by atoms with E-state index in [0.717, 1.165) is 11.1 Å². The summed E-state index contributed by atoms with van der Waals surface area (Å²) < 4.78 is 28.3. The van der Waals surface area contributed by atoms with E-state index in [0.29, 0.717) is 0 Å². The third-order valence-electron chi connectivity index (χ3n) is 4.93. The molecule has 2 aromatic carbocycles. The van der Waals surface area contributed by atoms with Gasteiger partial charge in [0.2, 0.25) is 0 Å². The number of benzene rings is 2. The molecule has 1 saturated heterocycles. The Morgan fingerprint density at radius 3 is 1.84 bits per heavy atom. The Morgan fingerprint density at radius 1 is 0.812 bits per heavy atom. The average Bonchev–Trinajstić information content (AvgIpc) is 2.78. The number of hydrogen-bond donors (Lipinski definition) is 1. The van der Waals surface area contributed by atoms with Gasteiger partial charge in [-0.1, -0.05) is 60.7 Å². The molecule has 0 bridgehead atoms. The van der Waals surface area contributed by atoms with Crippen LogP contribution in [0.25, 0.3) is 0 Å². The summed E-state index contributed by atoms with van der Waals surface area (Å²) in [6.07, 6.45) is -5.08. The highest BCUT2D eigenvalue weighted by molar-refractivity contribution is 5.66. The maximum absolute atomic E-state index is 11.7. The van der Waals surface area contributed by atoms with Gasteiger partial charge in [-0.3, -0.25) is 9.59 Å². The van der Waals surface area contributed by atoms with Crippen LogP contribution in [-0.2, 0) is 46.5 Å². The van der Waals surface area contributed by atoms with Gasteiger partial charge in [0.15, 0.2) is 12.4 Å². The van der Waals surface area contributed by atoms with Crippen molar-refractivity contribution in [1.82, 2.24) is 0 Å². The molecule has 0 amide bonds. The van der Waals surface area contributed by atoms with Crippen molar-refractivity contribution in [3.8, 4) is 0 Å². The molecule has 3 rings (SSSR count). The number of aliphatic hydroxyl groups excluding tert-OH is 1. The van der Waals surface area contributed by atoms with Crippen molar-refractivity contribution < 1.29 is 38.4 Å². The molecular formula is C24H28O8. The first kappa shape index (κ1) is 23.9. The molecule has 1 aliphatic heterocycles. The van der Waals surface area contributed by atoms with E-state index in [2.05, 4.69) is 0 Å². The average molecular weight is 444 g/mol. The fourth-order valence-electron chi connectivity index (χ4n) is 3.47. The minimum absolute atomic E-state index is 0.149. The molecular weight excluding hydrogens is 416 g/mol. The topological polar surface area (TPSA) is 101 Å². The summed E-state index contributed by atoms with van der Waals surface area (Å²) in [4.78, 5) is 23.1. The predicted molar refractivity (Wildman–Crippen MR) is 113 cm³/mol. The van der Waals surface area contributed by atoms with Crippen LogP contribution in [0.5, 0.6) is 0 Å². The number of ether oxygens (including phenoxy) is 5. The molecule has 0 saturated carbocycles. The van der Waals surface area contributed by atoms with Gasteiger partial charge < -0.3 is 28.8 Å². The van der Waals surface area contributed by atoms with Gasteiger partial charge in [0.25, 0.3) is 0 Å². The number of carbonyl (C=O) groups excluding carboxylic acids is 2. The van der Waals surface area contributed by atoms with Gasteiger partial charge in [-0.25, -0.2) is 0 Å². The summed E-state index contributed by atoms with van der Waals surface area (Å²) in [5.41, 5.74) is 1.81. The van der Waals surface area contributed by atoms with Gasteiger partial charge in [-0.15, -0.1) is 0 Å². The number of carbonyl (C=O) groups is 2. The zero-order valence-electron chi connectivity index (χ0n) is 18.1. The van der Waals surface area contributed by atoms with Crippen molar-refractivity contribution in [1.29, 1.82) is 0 Å². The van der Waals surface area contributed by atoms with E-state index in [1.165, 1.54) is 13.8 Å². The monoisotopic (exact) mass is 444 g/mol. The van der Waals surface area contributed by atoms with Crippen molar-refractivity contribution in [2.24, 2.45) is 0 Å². The number of hydrogen-bond acceptors (Lipinski definition) is 8. The van der Waals surface area contributed by atoms with Crippen LogP contribution < -0.4 is 0 Å². The molecule has 1 fully saturated rings. The summed E-state index contributed by atoms with van der Waals surface area (Å²) in [5, 5.41) is 10.5. The Bertz CT molecular complexity index is 857. The maximum atomic E-state index is 11.7. The van der Waals surface area contributed by atoms with E-state index in [-0.39, 0.29) is 19.8 Å². The summed E-state index contributed by atoms with van der Waals surface area (Å²) in [7, 11) is 0. The zero-order valence-corrected chi connectivity index (χ0v) is 18.1. The molecule has 5 atom stereocenters. The second-order valence-corrected chi connectivity index (χ2v) is 7.46. The van der Waals surface area contributed by atoms with Crippen molar-refractivity contribution in [3.63, 3.8) is 0 Å². The first-order valence-electron chi connectivity index (χ1n) is 10.4. The first-order valence-corrected chi connectivity index (χ1v) is 10.4. The van der Waals surface area contributed by atoms with E-state index in [9.17, 15) is 14.7 Å². The fourth-order valence-corrected chi connectivity index (χ4v) is 3.47. The molecule has 1 heterocycles. The van der Waals surface area contributed by atoms with Crippen LogP contribution >= 0.6 is 0 Å². The summed E-state index contributed by atoms with van der Waals surface area (Å²) in [6, 6.07) is 18.9. The van der Waals surface area contributed by atoms with Crippen LogP contribution in [0.2, 0.25) is 0 Å². The SMILES string of the molecule is CC(=O)OCC1OC(O)C(OC(C)=O)C(OCc2ccccc2)C1OCc1ccccc1. The number of aliphatic hydroxyl groups is 1. The van der Waals surface area contributed by atoms with Crippen molar-refractivity contribution in [2.75, 3.05) is 6.61 Å². The van der Waals surface area contributed by atoms with Gasteiger partial charge >= 0.3 is 11.9 Å². The Morgan fingerprint density at radius 2 is 1.34 bits per heavy atom. The largest absolute Gasteiger partial charge is 0.463 e. The van der Waals surface area contributed by atoms with Gasteiger partial charge in [-0.05, 0) is 11.1 Å². The van der Waals surface area contributed by atoms with Gasteiger partial charge in [0.1, 0.15) is 24.9 Å². The maximum Gasteiger partial charge on any atom is 0.303 e. The van der Waals surface area contributed by atoms with Crippen LogP contribution in [0.15, 0.2) is 60.7 Å². The van der Waals surface area contributed by atoms with E-state index in [1.54, 1.807) is 0 Å². The van der Waals surface area contributed by atoms with Gasteiger partial charge in [0.05, 0.1) is 13.2 Å². The van der Waals surface area contributed by atoms with E-state index < -0.39 is 42.6 Å². The van der Waals surface area contributed by atoms with Gasteiger partial charge in [0, 0.05) is 13.8 Å². The minimum Gasteiger partial charge on any atom is -0.463 e. The lowest BCUT2D eigenvalue weighted by atomic mass is 9.98. The third kappa shape index (κ3) is 6.86. The molecule has 2 aromatic rings. The van der Waals surface area contributed by atoms with Crippen LogP contribution in [0.4, 0.5) is 0 Å². The highest BCUT2D eigenvalue weighted by Crippen LogP contribution is 2.29. The summed E-state index contributed by atoms with van der Waals surface area (Å²) >= 11 is 0. The molecule has 8 heteroatoms. The van der Waals surface area contributed by atoms with E-state index in [1.807, 2.05) is 60.7 Å². The van der Waals surface area contributed by atoms with E-state index >= 15 is 0 Å². The fraction of sp³-hybridized carbons (Fsp3) is 0.417. The van der Waals surface area contributed by atoms with E-state index in [4.69, 9.17) is 23.7 Å². The highest BCUT2D eigenvalue weighted by atomic mass is 16.7. The predicted octanol–water partition coefficient (Wildman–Crippen LogP) is 2.37. The second-order valence-electron chi connectivity index (χ2n) is 7.46. The van der Waals surface area contributed by atoms with Crippen LogP contribution in [0, 0.1) is 0 Å². The Hall–Kier alpha value is -2.78. The molecule has 32 heavy (non-hydrogen) atoms. The molecule has 0 radical (unpaired) electrons. The van der Waals surface area contributed by atoms with Crippen LogP contribution in [-0.4, -0.2) is 54.4 Å². The smallest absolute Gasteiger partial charge is 0.303 e. The minimum atomic E-state index is -1.48. The third-order valence-corrected chi connectivity index (χ3v) is 4.93. The summed E-state index contributed by atoms with van der Waals surface area (Å²) in [5.74, 6) is -1.08.